The number of sulfonamides is 1. The van der Waals surface area contributed by atoms with E-state index in [9.17, 15) is 8.42 Å². The van der Waals surface area contributed by atoms with Crippen LogP contribution in [0.1, 0.15) is 11.6 Å². The summed E-state index contributed by atoms with van der Waals surface area (Å²) in [4.78, 5) is 2.09. The van der Waals surface area contributed by atoms with Crippen LogP contribution in [0.3, 0.4) is 0 Å². The molecule has 0 saturated carbocycles. The highest BCUT2D eigenvalue weighted by Crippen LogP contribution is 2.27. The second kappa shape index (κ2) is 7.63. The van der Waals surface area contributed by atoms with Gasteiger partial charge in [0.25, 0.3) is 0 Å². The highest BCUT2D eigenvalue weighted by atomic mass is 35.5. The van der Waals surface area contributed by atoms with Crippen LogP contribution < -0.4 is 9.46 Å². The van der Waals surface area contributed by atoms with Crippen LogP contribution >= 0.6 is 22.9 Å². The summed E-state index contributed by atoms with van der Waals surface area (Å²) in [5.41, 5.74) is 1.08. The summed E-state index contributed by atoms with van der Waals surface area (Å²) in [6.45, 7) is 0.274. The lowest BCUT2D eigenvalue weighted by Gasteiger charge is -2.24. The molecule has 1 atom stereocenters. The Morgan fingerprint density at radius 3 is 2.61 bits per heavy atom. The number of methoxy groups -OCH3 is 1. The van der Waals surface area contributed by atoms with Gasteiger partial charge in [0.15, 0.2) is 0 Å². The molecule has 5 nitrogen and oxygen atoms in total. The number of halogens is 1. The van der Waals surface area contributed by atoms with E-state index < -0.39 is 10.0 Å². The van der Waals surface area contributed by atoms with Crippen molar-refractivity contribution in [3.8, 4) is 5.75 Å². The third-order valence-electron chi connectivity index (χ3n) is 3.45. The Morgan fingerprint density at radius 2 is 2.09 bits per heavy atom. The molecule has 8 heteroatoms. The molecule has 1 N–H and O–H groups in total. The second-order valence-corrected chi connectivity index (χ2v) is 8.14. The first-order valence-electron chi connectivity index (χ1n) is 6.87. The van der Waals surface area contributed by atoms with Gasteiger partial charge in [-0.05, 0) is 54.7 Å². The highest BCUT2D eigenvalue weighted by Gasteiger charge is 2.20. The van der Waals surface area contributed by atoms with Gasteiger partial charge in [0.2, 0.25) is 10.0 Å². The summed E-state index contributed by atoms with van der Waals surface area (Å²) in [6, 6.07) is 6.36. The van der Waals surface area contributed by atoms with Crippen LogP contribution in [0.25, 0.3) is 0 Å². The maximum Gasteiger partial charge on any atom is 0.240 e. The molecule has 1 unspecified atom stereocenters. The topological polar surface area (TPSA) is 58.6 Å². The van der Waals surface area contributed by atoms with Gasteiger partial charge in [-0.25, -0.2) is 13.1 Å². The monoisotopic (exact) mass is 374 g/mol. The smallest absolute Gasteiger partial charge is 0.240 e. The van der Waals surface area contributed by atoms with Gasteiger partial charge < -0.3 is 9.64 Å². The van der Waals surface area contributed by atoms with Gasteiger partial charge in [-0.2, -0.15) is 11.3 Å². The van der Waals surface area contributed by atoms with Crippen molar-refractivity contribution in [1.82, 2.24) is 9.62 Å². The van der Waals surface area contributed by atoms with Gasteiger partial charge in [-0.1, -0.05) is 11.6 Å². The standard InChI is InChI=1S/C15H19ClN2O3S2/c1-18(2)14(11-6-7-22-10-11)9-17-23(19,20)12-4-5-15(21-3)13(16)8-12/h4-8,10,14,17H,9H2,1-3H3. The predicted molar refractivity (Wildman–Crippen MR) is 93.9 cm³/mol. The molecule has 126 valence electrons. The molecule has 0 aliphatic rings. The molecule has 1 heterocycles. The zero-order chi connectivity index (χ0) is 17.0. The average molecular weight is 375 g/mol. The number of benzene rings is 1. The number of hydrogen-bond donors (Lipinski definition) is 1. The normalized spacial score (nSPS) is 13.3. The first kappa shape index (κ1) is 18.2. The number of rotatable bonds is 7. The molecule has 0 spiro atoms. The first-order valence-corrected chi connectivity index (χ1v) is 9.67. The molecule has 0 aliphatic carbocycles. The molecule has 0 amide bonds. The minimum absolute atomic E-state index is 0.0373. The van der Waals surface area contributed by atoms with Crippen LogP contribution in [0.15, 0.2) is 39.9 Å². The van der Waals surface area contributed by atoms with Crippen LogP contribution in [0.4, 0.5) is 0 Å². The predicted octanol–water partition coefficient (Wildman–Crippen LogP) is 2.99. The van der Waals surface area contributed by atoms with E-state index in [0.717, 1.165) is 5.56 Å². The lowest BCUT2D eigenvalue weighted by molar-refractivity contribution is 0.300. The van der Waals surface area contributed by atoms with E-state index in [1.54, 1.807) is 17.4 Å². The van der Waals surface area contributed by atoms with E-state index in [0.29, 0.717) is 5.75 Å². The van der Waals surface area contributed by atoms with Crippen molar-refractivity contribution in [3.05, 3.63) is 45.6 Å². The summed E-state index contributed by atoms with van der Waals surface area (Å²) >= 11 is 7.59. The molecule has 0 radical (unpaired) electrons. The number of ether oxygens (including phenoxy) is 1. The van der Waals surface area contributed by atoms with Crippen molar-refractivity contribution >= 4 is 33.0 Å². The number of thiophene rings is 1. The van der Waals surface area contributed by atoms with E-state index >= 15 is 0 Å². The van der Waals surface area contributed by atoms with Crippen molar-refractivity contribution in [2.75, 3.05) is 27.7 Å². The van der Waals surface area contributed by atoms with Crippen LogP contribution in [0, 0.1) is 0 Å². The summed E-state index contributed by atoms with van der Waals surface area (Å²) < 4.78 is 32.6. The van der Waals surface area contributed by atoms with Crippen molar-refractivity contribution < 1.29 is 13.2 Å². The Balaban J connectivity index is 2.16. The van der Waals surface area contributed by atoms with E-state index in [1.165, 1.54) is 19.2 Å². The number of nitrogens with zero attached hydrogens (tertiary/aromatic N) is 1. The van der Waals surface area contributed by atoms with Crippen molar-refractivity contribution in [2.24, 2.45) is 0 Å². The maximum atomic E-state index is 12.5. The van der Waals surface area contributed by atoms with Gasteiger partial charge in [-0.15, -0.1) is 0 Å². The quantitative estimate of drug-likeness (QED) is 0.809. The van der Waals surface area contributed by atoms with E-state index in [1.807, 2.05) is 35.8 Å². The molecule has 0 saturated heterocycles. The molecule has 1 aromatic carbocycles. The van der Waals surface area contributed by atoms with Crippen molar-refractivity contribution in [3.63, 3.8) is 0 Å². The van der Waals surface area contributed by atoms with Crippen molar-refractivity contribution in [1.29, 1.82) is 0 Å². The fourth-order valence-corrected chi connectivity index (χ4v) is 4.24. The summed E-state index contributed by atoms with van der Waals surface area (Å²) in [5.74, 6) is 0.440. The minimum Gasteiger partial charge on any atom is -0.495 e. The lowest BCUT2D eigenvalue weighted by atomic mass is 10.1. The van der Waals surface area contributed by atoms with E-state index in [2.05, 4.69) is 4.72 Å². The summed E-state index contributed by atoms with van der Waals surface area (Å²) in [7, 11) is 1.68. The van der Waals surface area contributed by atoms with E-state index in [-0.39, 0.29) is 22.5 Å². The molecule has 0 fully saturated rings. The van der Waals surface area contributed by atoms with Gasteiger partial charge in [0.1, 0.15) is 5.75 Å². The Kier molecular flexibility index (Phi) is 6.05. The molecular weight excluding hydrogens is 356 g/mol. The minimum atomic E-state index is -3.64. The summed E-state index contributed by atoms with van der Waals surface area (Å²) in [6.07, 6.45) is 0. The second-order valence-electron chi connectivity index (χ2n) is 5.18. The summed E-state index contributed by atoms with van der Waals surface area (Å²) in [5, 5.41) is 4.25. The zero-order valence-electron chi connectivity index (χ0n) is 13.1. The molecule has 23 heavy (non-hydrogen) atoms. The SMILES string of the molecule is COc1ccc(S(=O)(=O)NCC(c2ccsc2)N(C)C)cc1Cl. The zero-order valence-corrected chi connectivity index (χ0v) is 15.5. The molecule has 0 bridgehead atoms. The van der Waals surface area contributed by atoms with Crippen LogP contribution in [-0.2, 0) is 10.0 Å². The molecule has 1 aromatic heterocycles. The molecule has 2 aromatic rings. The number of hydrogen-bond acceptors (Lipinski definition) is 5. The Morgan fingerprint density at radius 1 is 1.35 bits per heavy atom. The third kappa shape index (κ3) is 4.45. The van der Waals surface area contributed by atoms with Gasteiger partial charge >= 0.3 is 0 Å². The van der Waals surface area contributed by atoms with Crippen LogP contribution in [0.2, 0.25) is 5.02 Å². The fourth-order valence-electron chi connectivity index (χ4n) is 2.15. The fraction of sp³-hybridized carbons (Fsp3) is 0.333. The molecule has 0 aliphatic heterocycles. The third-order valence-corrected chi connectivity index (χ3v) is 5.87. The van der Waals surface area contributed by atoms with Crippen LogP contribution in [-0.4, -0.2) is 41.1 Å². The molecule has 2 rings (SSSR count). The lowest BCUT2D eigenvalue weighted by Crippen LogP contribution is -2.34. The average Bonchev–Trinajstić information content (AvgIpc) is 3.01. The Hall–Kier alpha value is -1.12. The Labute approximate surface area is 145 Å². The van der Waals surface area contributed by atoms with Crippen molar-refractivity contribution in [2.45, 2.75) is 10.9 Å². The van der Waals surface area contributed by atoms with Gasteiger partial charge in [0.05, 0.1) is 17.0 Å². The van der Waals surface area contributed by atoms with E-state index in [4.69, 9.17) is 16.3 Å². The maximum absolute atomic E-state index is 12.5. The van der Waals surface area contributed by atoms with Gasteiger partial charge in [0, 0.05) is 12.6 Å². The Bertz CT molecular complexity index is 746. The number of nitrogens with one attached hydrogen (secondary N) is 1. The first-order chi connectivity index (χ1) is 10.8. The number of likely N-dealkylation sites (N-methyl/N-ethyl adjacent to an activating group) is 1. The molecular formula is C15H19ClN2O3S2. The largest absolute Gasteiger partial charge is 0.495 e. The van der Waals surface area contributed by atoms with Gasteiger partial charge in [-0.3, -0.25) is 0 Å². The van der Waals surface area contributed by atoms with Crippen LogP contribution in [0.5, 0.6) is 5.75 Å². The highest BCUT2D eigenvalue weighted by molar-refractivity contribution is 7.89.